The van der Waals surface area contributed by atoms with Crippen LogP contribution in [0.1, 0.15) is 10.5 Å². The lowest BCUT2D eigenvalue weighted by atomic mass is 10.1. The molecule has 1 heterocycles. The van der Waals surface area contributed by atoms with E-state index in [2.05, 4.69) is 0 Å². The van der Waals surface area contributed by atoms with Crippen molar-refractivity contribution in [2.24, 2.45) is 5.73 Å². The lowest BCUT2D eigenvalue weighted by Crippen LogP contribution is -2.21. The molecule has 0 fully saturated rings. The molecule has 0 saturated heterocycles. The molecule has 88 valence electrons. The number of aromatic nitrogens is 1. The van der Waals surface area contributed by atoms with Gasteiger partial charge in [0.25, 0.3) is 5.91 Å². The summed E-state index contributed by atoms with van der Waals surface area (Å²) >= 11 is 11.8. The van der Waals surface area contributed by atoms with Gasteiger partial charge in [-0.1, -0.05) is 23.2 Å². The second-order valence-electron chi connectivity index (χ2n) is 3.51. The number of hydrogen-bond donors (Lipinski definition) is 2. The minimum Gasteiger partial charge on any atom is -0.364 e. The van der Waals surface area contributed by atoms with Gasteiger partial charge in [0, 0.05) is 21.8 Å². The van der Waals surface area contributed by atoms with Crippen LogP contribution in [0, 0.1) is 0 Å². The third kappa shape index (κ3) is 2.23. The molecule has 0 unspecified atom stereocenters. The van der Waals surface area contributed by atoms with E-state index in [0.717, 1.165) is 0 Å². The molecule has 17 heavy (non-hydrogen) atoms. The monoisotopic (exact) mass is 269 g/mol. The van der Waals surface area contributed by atoms with Crippen molar-refractivity contribution in [2.75, 3.05) is 5.84 Å². The molecule has 0 aliphatic heterocycles. The maximum absolute atomic E-state index is 11.3. The number of carbonyl (C=O) groups is 1. The van der Waals surface area contributed by atoms with Gasteiger partial charge in [0.2, 0.25) is 0 Å². The molecule has 4 nitrogen and oxygen atoms in total. The van der Waals surface area contributed by atoms with E-state index in [1.54, 1.807) is 30.5 Å². The number of nitrogen functional groups attached to an aromatic ring is 1. The Morgan fingerprint density at radius 3 is 2.29 bits per heavy atom. The molecule has 4 N–H and O–H groups in total. The van der Waals surface area contributed by atoms with Gasteiger partial charge in [-0.05, 0) is 29.8 Å². The highest BCUT2D eigenvalue weighted by Crippen LogP contribution is 2.29. The minimum absolute atomic E-state index is 0.211. The van der Waals surface area contributed by atoms with Crippen LogP contribution in [0.5, 0.6) is 0 Å². The zero-order valence-electron chi connectivity index (χ0n) is 8.65. The first-order valence-corrected chi connectivity index (χ1v) is 5.47. The highest BCUT2D eigenvalue weighted by molar-refractivity contribution is 6.35. The number of primary amides is 1. The fourth-order valence-corrected chi connectivity index (χ4v) is 2.18. The summed E-state index contributed by atoms with van der Waals surface area (Å²) in [6.45, 7) is 0. The fraction of sp³-hybridized carbons (Fsp3) is 0. The molecule has 0 bridgehead atoms. The van der Waals surface area contributed by atoms with E-state index in [9.17, 15) is 4.79 Å². The third-order valence-corrected chi connectivity index (χ3v) is 2.76. The van der Waals surface area contributed by atoms with Crippen LogP contribution in [0.15, 0.2) is 30.5 Å². The molecule has 0 atom stereocenters. The van der Waals surface area contributed by atoms with Gasteiger partial charge in [-0.2, -0.15) is 0 Å². The van der Waals surface area contributed by atoms with Crippen molar-refractivity contribution in [2.45, 2.75) is 0 Å². The van der Waals surface area contributed by atoms with Gasteiger partial charge in [-0.15, -0.1) is 0 Å². The second kappa shape index (κ2) is 4.31. The summed E-state index contributed by atoms with van der Waals surface area (Å²) in [7, 11) is 0. The predicted molar refractivity (Wildman–Crippen MR) is 68.6 cm³/mol. The number of nitrogens with two attached hydrogens (primary N) is 2. The molecular weight excluding hydrogens is 261 g/mol. The SMILES string of the molecule is NC(=O)c1c(-c2cc(Cl)cc(Cl)c2)ccn1N. The van der Waals surface area contributed by atoms with Gasteiger partial charge < -0.3 is 11.6 Å². The molecular formula is C11H9Cl2N3O. The van der Waals surface area contributed by atoms with Crippen molar-refractivity contribution in [1.82, 2.24) is 4.68 Å². The fourth-order valence-electron chi connectivity index (χ4n) is 1.65. The lowest BCUT2D eigenvalue weighted by Gasteiger charge is -2.05. The van der Waals surface area contributed by atoms with Crippen LogP contribution in [0.25, 0.3) is 11.1 Å². The number of amides is 1. The Balaban J connectivity index is 2.64. The first-order chi connectivity index (χ1) is 7.99. The van der Waals surface area contributed by atoms with Crippen LogP contribution in [0.3, 0.4) is 0 Å². The zero-order chi connectivity index (χ0) is 12.6. The van der Waals surface area contributed by atoms with Crippen LogP contribution >= 0.6 is 23.2 Å². The molecule has 1 aromatic heterocycles. The number of hydrogen-bond acceptors (Lipinski definition) is 2. The van der Waals surface area contributed by atoms with Crippen LogP contribution in [0.2, 0.25) is 10.0 Å². The Hall–Kier alpha value is -1.65. The van der Waals surface area contributed by atoms with Crippen molar-refractivity contribution >= 4 is 29.1 Å². The molecule has 0 spiro atoms. The Bertz CT molecular complexity index is 572. The summed E-state index contributed by atoms with van der Waals surface area (Å²) in [5, 5.41) is 0.959. The van der Waals surface area contributed by atoms with E-state index in [0.29, 0.717) is 21.2 Å². The number of benzene rings is 1. The van der Waals surface area contributed by atoms with Crippen LogP contribution < -0.4 is 11.6 Å². The number of rotatable bonds is 2. The molecule has 1 amide bonds. The standard InChI is InChI=1S/C11H9Cl2N3O/c12-7-3-6(4-8(13)5-7)9-1-2-16(15)10(9)11(14)17/h1-5H,15H2,(H2,14,17). The van der Waals surface area contributed by atoms with Gasteiger partial charge in [-0.25, -0.2) is 0 Å². The largest absolute Gasteiger partial charge is 0.364 e. The van der Waals surface area contributed by atoms with Crippen molar-refractivity contribution in [1.29, 1.82) is 0 Å². The average molecular weight is 270 g/mol. The summed E-state index contributed by atoms with van der Waals surface area (Å²) in [4.78, 5) is 11.3. The van der Waals surface area contributed by atoms with E-state index in [1.165, 1.54) is 4.68 Å². The summed E-state index contributed by atoms with van der Waals surface area (Å²) in [5.74, 6) is 5.00. The molecule has 1 aromatic carbocycles. The van der Waals surface area contributed by atoms with E-state index in [-0.39, 0.29) is 5.69 Å². The van der Waals surface area contributed by atoms with E-state index < -0.39 is 5.91 Å². The Morgan fingerprint density at radius 2 is 1.76 bits per heavy atom. The number of halogens is 2. The lowest BCUT2D eigenvalue weighted by molar-refractivity contribution is 0.0994. The van der Waals surface area contributed by atoms with Crippen molar-refractivity contribution in [3.05, 3.63) is 46.2 Å². The zero-order valence-corrected chi connectivity index (χ0v) is 10.2. The maximum atomic E-state index is 11.3. The summed E-state index contributed by atoms with van der Waals surface area (Å²) in [5.41, 5.74) is 6.78. The van der Waals surface area contributed by atoms with Crippen LogP contribution in [-0.4, -0.2) is 10.6 Å². The highest BCUT2D eigenvalue weighted by atomic mass is 35.5. The Kier molecular flexibility index (Phi) is 3.00. The maximum Gasteiger partial charge on any atom is 0.267 e. The van der Waals surface area contributed by atoms with Gasteiger partial charge >= 0.3 is 0 Å². The van der Waals surface area contributed by atoms with Crippen LogP contribution in [0.4, 0.5) is 0 Å². The van der Waals surface area contributed by atoms with E-state index >= 15 is 0 Å². The smallest absolute Gasteiger partial charge is 0.267 e. The molecule has 2 rings (SSSR count). The molecule has 2 aromatic rings. The van der Waals surface area contributed by atoms with Gasteiger partial charge in [0.05, 0.1) is 0 Å². The molecule has 0 saturated carbocycles. The van der Waals surface area contributed by atoms with Gasteiger partial charge in [0.1, 0.15) is 5.69 Å². The van der Waals surface area contributed by atoms with Crippen molar-refractivity contribution < 1.29 is 4.79 Å². The quantitative estimate of drug-likeness (QED) is 0.821. The van der Waals surface area contributed by atoms with Crippen LogP contribution in [-0.2, 0) is 0 Å². The first kappa shape index (κ1) is 11.8. The van der Waals surface area contributed by atoms with Crippen molar-refractivity contribution in [3.63, 3.8) is 0 Å². The average Bonchev–Trinajstić information content (AvgIpc) is 2.58. The molecule has 0 radical (unpaired) electrons. The second-order valence-corrected chi connectivity index (χ2v) is 4.38. The Morgan fingerprint density at radius 1 is 1.18 bits per heavy atom. The highest BCUT2D eigenvalue weighted by Gasteiger charge is 2.15. The molecule has 6 heteroatoms. The molecule has 0 aliphatic carbocycles. The topological polar surface area (TPSA) is 74.0 Å². The third-order valence-electron chi connectivity index (χ3n) is 2.32. The number of nitrogens with zero attached hydrogens (tertiary/aromatic N) is 1. The normalized spacial score (nSPS) is 10.5. The van der Waals surface area contributed by atoms with E-state index in [4.69, 9.17) is 34.8 Å². The summed E-state index contributed by atoms with van der Waals surface area (Å²) in [6.07, 6.45) is 1.55. The minimum atomic E-state index is -0.608. The Labute approximate surface area is 108 Å². The van der Waals surface area contributed by atoms with Crippen molar-refractivity contribution in [3.8, 4) is 11.1 Å². The summed E-state index contributed by atoms with van der Waals surface area (Å²) < 4.78 is 1.17. The number of carbonyl (C=O) groups excluding carboxylic acids is 1. The van der Waals surface area contributed by atoms with Gasteiger partial charge in [-0.3, -0.25) is 9.47 Å². The predicted octanol–water partition coefficient (Wildman–Crippen LogP) is 2.27. The molecule has 0 aliphatic rings. The van der Waals surface area contributed by atoms with Gasteiger partial charge in [0.15, 0.2) is 0 Å². The summed E-state index contributed by atoms with van der Waals surface area (Å²) in [6, 6.07) is 6.67. The van der Waals surface area contributed by atoms with E-state index in [1.807, 2.05) is 0 Å². The first-order valence-electron chi connectivity index (χ1n) is 4.71.